The van der Waals surface area contributed by atoms with Crippen LogP contribution in [-0.4, -0.2) is 28.7 Å². The van der Waals surface area contributed by atoms with Crippen molar-refractivity contribution in [2.45, 2.75) is 31.8 Å². The number of aryl methyl sites for hydroxylation is 2. The molecule has 3 aliphatic heterocycles. The Labute approximate surface area is 213 Å². The van der Waals surface area contributed by atoms with E-state index in [-0.39, 0.29) is 17.7 Å². The SMILES string of the molecule is Cc1ccc(N2C(=O)[C@H]3[C@@H](C2=O)[C@@]2(N[C@@H]3Cc3c[nH]c4ccccc34)C(=O)Nc3c(C)cccc32)cc1. The molecular formula is C30H26N4O3. The van der Waals surface area contributed by atoms with Crippen LogP contribution in [0.1, 0.15) is 22.3 Å². The maximum atomic E-state index is 14.1. The molecule has 0 aliphatic carbocycles. The summed E-state index contributed by atoms with van der Waals surface area (Å²) in [5.74, 6) is -2.40. The molecule has 4 atom stereocenters. The number of anilines is 2. The van der Waals surface area contributed by atoms with Crippen LogP contribution in [0.15, 0.2) is 72.9 Å². The molecule has 37 heavy (non-hydrogen) atoms. The summed E-state index contributed by atoms with van der Waals surface area (Å²) in [4.78, 5) is 46.5. The molecule has 3 N–H and O–H groups in total. The third-order valence-electron chi connectivity index (χ3n) is 8.37. The number of aromatic nitrogens is 1. The van der Waals surface area contributed by atoms with E-state index < -0.39 is 23.4 Å². The number of H-pyrrole nitrogens is 1. The largest absolute Gasteiger partial charge is 0.361 e. The van der Waals surface area contributed by atoms with Gasteiger partial charge in [0.15, 0.2) is 0 Å². The minimum absolute atomic E-state index is 0.262. The lowest BCUT2D eigenvalue weighted by Gasteiger charge is -2.29. The quantitative estimate of drug-likeness (QED) is 0.379. The number of carbonyl (C=O) groups excluding carboxylic acids is 3. The second-order valence-corrected chi connectivity index (χ2v) is 10.4. The van der Waals surface area contributed by atoms with E-state index in [1.165, 1.54) is 4.90 Å². The molecule has 3 aliphatic rings. The van der Waals surface area contributed by atoms with Crippen LogP contribution < -0.4 is 15.5 Å². The molecule has 3 amide bonds. The summed E-state index contributed by atoms with van der Waals surface area (Å²) in [7, 11) is 0. The van der Waals surface area contributed by atoms with Crippen LogP contribution in [-0.2, 0) is 26.3 Å². The molecule has 0 bridgehead atoms. The van der Waals surface area contributed by atoms with Gasteiger partial charge in [-0.1, -0.05) is 54.1 Å². The van der Waals surface area contributed by atoms with Gasteiger partial charge in [0.25, 0.3) is 0 Å². The van der Waals surface area contributed by atoms with E-state index in [4.69, 9.17) is 0 Å². The first-order valence-electron chi connectivity index (χ1n) is 12.6. The molecular weight excluding hydrogens is 464 g/mol. The zero-order valence-electron chi connectivity index (χ0n) is 20.5. The van der Waals surface area contributed by atoms with Gasteiger partial charge in [0.05, 0.1) is 17.5 Å². The minimum Gasteiger partial charge on any atom is -0.361 e. The molecule has 2 saturated heterocycles. The molecule has 7 nitrogen and oxygen atoms in total. The van der Waals surface area contributed by atoms with Crippen LogP contribution in [0, 0.1) is 25.7 Å². The third kappa shape index (κ3) is 2.89. The maximum absolute atomic E-state index is 14.1. The predicted molar refractivity (Wildman–Crippen MR) is 141 cm³/mol. The Morgan fingerprint density at radius 2 is 1.68 bits per heavy atom. The third-order valence-corrected chi connectivity index (χ3v) is 8.37. The van der Waals surface area contributed by atoms with Gasteiger partial charge in [-0.3, -0.25) is 19.7 Å². The van der Waals surface area contributed by atoms with Gasteiger partial charge in [-0.15, -0.1) is 0 Å². The van der Waals surface area contributed by atoms with Crippen molar-refractivity contribution in [1.29, 1.82) is 0 Å². The lowest BCUT2D eigenvalue weighted by atomic mass is 9.76. The molecule has 1 aromatic heterocycles. The number of nitrogens with one attached hydrogen (secondary N) is 3. The van der Waals surface area contributed by atoms with Gasteiger partial charge in [0.2, 0.25) is 17.7 Å². The fraction of sp³-hybridized carbons (Fsp3) is 0.233. The van der Waals surface area contributed by atoms with Gasteiger partial charge >= 0.3 is 0 Å². The first kappa shape index (κ1) is 22.0. The van der Waals surface area contributed by atoms with Crippen LogP contribution in [0.5, 0.6) is 0 Å². The van der Waals surface area contributed by atoms with E-state index in [0.29, 0.717) is 12.1 Å². The lowest BCUT2D eigenvalue weighted by Crippen LogP contribution is -2.53. The van der Waals surface area contributed by atoms with Gasteiger partial charge in [-0.2, -0.15) is 0 Å². The Balaban J connectivity index is 1.39. The van der Waals surface area contributed by atoms with E-state index in [1.54, 1.807) is 12.1 Å². The van der Waals surface area contributed by atoms with Crippen molar-refractivity contribution in [3.05, 3.63) is 95.2 Å². The molecule has 4 heterocycles. The Bertz CT molecular complexity index is 1620. The molecule has 0 unspecified atom stereocenters. The highest BCUT2D eigenvalue weighted by atomic mass is 16.2. The maximum Gasteiger partial charge on any atom is 0.250 e. The number of aromatic amines is 1. The summed E-state index contributed by atoms with van der Waals surface area (Å²) in [6.45, 7) is 3.90. The number of hydrogen-bond acceptors (Lipinski definition) is 4. The van der Waals surface area contributed by atoms with Crippen molar-refractivity contribution in [2.24, 2.45) is 11.8 Å². The smallest absolute Gasteiger partial charge is 0.250 e. The summed E-state index contributed by atoms with van der Waals surface area (Å²) in [6, 6.07) is 20.7. The summed E-state index contributed by atoms with van der Waals surface area (Å²) in [6.07, 6.45) is 2.46. The van der Waals surface area contributed by atoms with Crippen LogP contribution in [0.4, 0.5) is 11.4 Å². The van der Waals surface area contributed by atoms with Crippen LogP contribution in [0.25, 0.3) is 10.9 Å². The first-order chi connectivity index (χ1) is 17.9. The first-order valence-corrected chi connectivity index (χ1v) is 12.6. The number of nitrogens with zero attached hydrogens (tertiary/aromatic N) is 1. The highest BCUT2D eigenvalue weighted by molar-refractivity contribution is 6.26. The highest BCUT2D eigenvalue weighted by Gasteiger charge is 2.70. The molecule has 7 rings (SSSR count). The Hall–Kier alpha value is -4.23. The number of para-hydroxylation sites is 2. The average molecular weight is 491 g/mol. The number of amides is 3. The van der Waals surface area contributed by atoms with E-state index in [9.17, 15) is 14.4 Å². The molecule has 184 valence electrons. The number of hydrogen-bond donors (Lipinski definition) is 3. The molecule has 1 spiro atoms. The van der Waals surface area contributed by atoms with Crippen LogP contribution in [0.3, 0.4) is 0 Å². The summed E-state index contributed by atoms with van der Waals surface area (Å²) in [5, 5.41) is 7.65. The molecule has 2 fully saturated rings. The van der Waals surface area contributed by atoms with E-state index >= 15 is 0 Å². The van der Waals surface area contributed by atoms with E-state index in [0.717, 1.165) is 38.8 Å². The summed E-state index contributed by atoms with van der Waals surface area (Å²) < 4.78 is 0. The second-order valence-electron chi connectivity index (χ2n) is 10.4. The van der Waals surface area contributed by atoms with Gasteiger partial charge in [-0.25, -0.2) is 4.90 Å². The summed E-state index contributed by atoms with van der Waals surface area (Å²) >= 11 is 0. The number of benzene rings is 3. The monoisotopic (exact) mass is 490 g/mol. The standard InChI is InChI=1S/C30H26N4O3/c1-16-10-12-19(13-11-16)34-27(35)24-23(14-18-15-31-22-9-4-3-7-20(18)22)33-30(25(24)28(34)36)21-8-5-6-17(2)26(21)32-29(30)37/h3-13,15,23-25,31,33H,14H2,1-2H3,(H,32,37)/t23-,24-,25+,30-/m1/s1. The number of imide groups is 1. The van der Waals surface area contributed by atoms with E-state index in [2.05, 4.69) is 15.6 Å². The van der Waals surface area contributed by atoms with Crippen molar-refractivity contribution in [3.63, 3.8) is 0 Å². The van der Waals surface area contributed by atoms with Crippen LogP contribution in [0.2, 0.25) is 0 Å². The zero-order chi connectivity index (χ0) is 25.5. The van der Waals surface area contributed by atoms with Gasteiger partial charge in [-0.05, 0) is 49.6 Å². The van der Waals surface area contributed by atoms with E-state index in [1.807, 2.05) is 74.6 Å². The fourth-order valence-electron chi connectivity index (χ4n) is 6.64. The Morgan fingerprint density at radius 1 is 0.892 bits per heavy atom. The highest BCUT2D eigenvalue weighted by Crippen LogP contribution is 2.54. The number of carbonyl (C=O) groups is 3. The molecule has 3 aromatic carbocycles. The predicted octanol–water partition coefficient (Wildman–Crippen LogP) is 3.95. The topological polar surface area (TPSA) is 94.3 Å². The second kappa shape index (κ2) is 7.63. The summed E-state index contributed by atoms with van der Waals surface area (Å²) in [5.41, 5.74) is 4.71. The molecule has 0 radical (unpaired) electrons. The minimum atomic E-state index is -1.31. The number of rotatable bonds is 3. The number of fused-ring (bicyclic) bond motifs is 5. The Morgan fingerprint density at radius 3 is 2.49 bits per heavy atom. The van der Waals surface area contributed by atoms with Crippen molar-refractivity contribution in [1.82, 2.24) is 10.3 Å². The van der Waals surface area contributed by atoms with Crippen molar-refractivity contribution < 1.29 is 14.4 Å². The van der Waals surface area contributed by atoms with Crippen LogP contribution >= 0.6 is 0 Å². The molecule has 4 aromatic rings. The van der Waals surface area contributed by atoms with Gasteiger partial charge < -0.3 is 10.3 Å². The van der Waals surface area contributed by atoms with Crippen molar-refractivity contribution in [3.8, 4) is 0 Å². The Kier molecular flexibility index (Phi) is 4.54. The van der Waals surface area contributed by atoms with Crippen molar-refractivity contribution in [2.75, 3.05) is 10.2 Å². The average Bonchev–Trinajstić information content (AvgIpc) is 3.60. The fourth-order valence-corrected chi connectivity index (χ4v) is 6.64. The zero-order valence-corrected chi connectivity index (χ0v) is 20.5. The van der Waals surface area contributed by atoms with Gasteiger partial charge in [0, 0.05) is 34.4 Å². The molecule has 7 heteroatoms. The van der Waals surface area contributed by atoms with Gasteiger partial charge in [0.1, 0.15) is 5.54 Å². The normalized spacial score (nSPS) is 26.3. The molecule has 0 saturated carbocycles. The van der Waals surface area contributed by atoms with Crippen molar-refractivity contribution >= 4 is 40.0 Å². The lowest BCUT2D eigenvalue weighted by molar-refractivity contribution is -0.130.